The van der Waals surface area contributed by atoms with Gasteiger partial charge in [0, 0.05) is 6.07 Å². The number of methoxy groups -OCH3 is 1. The highest BCUT2D eigenvalue weighted by atomic mass is 16.5. The quantitative estimate of drug-likeness (QED) is 0.908. The maximum atomic E-state index is 5.05. The van der Waals surface area contributed by atoms with Crippen LogP contribution in [0.4, 0.5) is 0 Å². The number of likely N-dealkylation sites (N-methyl/N-ethyl adjacent to an activating group) is 1. The van der Waals surface area contributed by atoms with Crippen LogP contribution in [0.25, 0.3) is 0 Å². The molecule has 0 saturated heterocycles. The summed E-state index contributed by atoms with van der Waals surface area (Å²) >= 11 is 0. The first kappa shape index (κ1) is 14.5. The molecule has 0 fully saturated rings. The van der Waals surface area contributed by atoms with Gasteiger partial charge in [-0.15, -0.1) is 5.10 Å². The molecule has 0 saturated carbocycles. The van der Waals surface area contributed by atoms with E-state index in [4.69, 9.17) is 4.74 Å². The zero-order chi connectivity index (χ0) is 14.5. The van der Waals surface area contributed by atoms with Gasteiger partial charge in [0.05, 0.1) is 18.8 Å². The molecule has 2 aromatic rings. The van der Waals surface area contributed by atoms with Crippen molar-refractivity contribution in [3.05, 3.63) is 52.7 Å². The summed E-state index contributed by atoms with van der Waals surface area (Å²) < 4.78 is 5.05. The van der Waals surface area contributed by atoms with Crippen LogP contribution in [0.1, 0.15) is 28.4 Å². The zero-order valence-electron chi connectivity index (χ0n) is 12.5. The Hall–Kier alpha value is -1.94. The SMILES string of the molecule is CNC(Cc1c(C)cccc1C)c1ccc(OC)nn1. The Bertz CT molecular complexity index is 546. The lowest BCUT2D eigenvalue weighted by Crippen LogP contribution is -2.21. The molecular weight excluding hydrogens is 250 g/mol. The number of aryl methyl sites for hydroxylation is 2. The summed E-state index contributed by atoms with van der Waals surface area (Å²) in [5, 5.41) is 11.6. The van der Waals surface area contributed by atoms with Crippen LogP contribution in [0.15, 0.2) is 30.3 Å². The number of aromatic nitrogens is 2. The highest BCUT2D eigenvalue weighted by Gasteiger charge is 2.15. The van der Waals surface area contributed by atoms with Crippen molar-refractivity contribution in [3.8, 4) is 5.88 Å². The first-order valence-electron chi connectivity index (χ1n) is 6.75. The summed E-state index contributed by atoms with van der Waals surface area (Å²) in [5.74, 6) is 0.538. The summed E-state index contributed by atoms with van der Waals surface area (Å²) in [6, 6.07) is 10.3. The van der Waals surface area contributed by atoms with Crippen LogP contribution in [0.2, 0.25) is 0 Å². The van der Waals surface area contributed by atoms with E-state index in [2.05, 4.69) is 47.6 Å². The number of nitrogens with one attached hydrogen (secondary N) is 1. The number of hydrogen-bond acceptors (Lipinski definition) is 4. The molecule has 0 spiro atoms. The minimum atomic E-state index is 0.146. The van der Waals surface area contributed by atoms with Gasteiger partial charge >= 0.3 is 0 Å². The molecule has 1 unspecified atom stereocenters. The van der Waals surface area contributed by atoms with E-state index in [0.717, 1.165) is 12.1 Å². The highest BCUT2D eigenvalue weighted by Crippen LogP contribution is 2.22. The van der Waals surface area contributed by atoms with Gasteiger partial charge in [0.25, 0.3) is 0 Å². The molecule has 1 aromatic heterocycles. The second-order valence-corrected chi connectivity index (χ2v) is 4.92. The smallest absolute Gasteiger partial charge is 0.233 e. The molecule has 106 valence electrons. The lowest BCUT2D eigenvalue weighted by molar-refractivity contribution is 0.389. The van der Waals surface area contributed by atoms with Gasteiger partial charge in [-0.1, -0.05) is 18.2 Å². The molecule has 1 aromatic carbocycles. The van der Waals surface area contributed by atoms with E-state index in [9.17, 15) is 0 Å². The molecule has 0 radical (unpaired) electrons. The van der Waals surface area contributed by atoms with Crippen molar-refractivity contribution < 1.29 is 4.74 Å². The number of benzene rings is 1. The molecule has 0 aliphatic carbocycles. The summed E-state index contributed by atoms with van der Waals surface area (Å²) in [5.41, 5.74) is 4.92. The maximum absolute atomic E-state index is 5.05. The molecule has 1 heterocycles. The second kappa shape index (κ2) is 6.48. The van der Waals surface area contributed by atoms with Gasteiger partial charge in [0.15, 0.2) is 0 Å². The van der Waals surface area contributed by atoms with Crippen molar-refractivity contribution in [2.75, 3.05) is 14.2 Å². The van der Waals surface area contributed by atoms with Crippen molar-refractivity contribution in [1.82, 2.24) is 15.5 Å². The molecule has 1 N–H and O–H groups in total. The van der Waals surface area contributed by atoms with E-state index in [1.807, 2.05) is 19.2 Å². The highest BCUT2D eigenvalue weighted by molar-refractivity contribution is 5.35. The van der Waals surface area contributed by atoms with Crippen molar-refractivity contribution >= 4 is 0 Å². The van der Waals surface area contributed by atoms with Crippen LogP contribution < -0.4 is 10.1 Å². The first-order valence-corrected chi connectivity index (χ1v) is 6.75. The third kappa shape index (κ3) is 3.14. The number of ether oxygens (including phenoxy) is 1. The summed E-state index contributed by atoms with van der Waals surface area (Å²) in [6.07, 6.45) is 0.899. The Labute approximate surface area is 120 Å². The minimum absolute atomic E-state index is 0.146. The Morgan fingerprint density at radius 3 is 2.30 bits per heavy atom. The van der Waals surface area contributed by atoms with Crippen molar-refractivity contribution in [3.63, 3.8) is 0 Å². The second-order valence-electron chi connectivity index (χ2n) is 4.92. The number of hydrogen-bond donors (Lipinski definition) is 1. The van der Waals surface area contributed by atoms with Crippen molar-refractivity contribution in [1.29, 1.82) is 0 Å². The standard InChI is InChI=1S/C16H21N3O/c1-11-6-5-7-12(2)13(11)10-15(17-3)14-8-9-16(20-4)19-18-14/h5-9,15,17H,10H2,1-4H3. The molecule has 0 bridgehead atoms. The molecule has 0 aliphatic heterocycles. The van der Waals surface area contributed by atoms with E-state index in [0.29, 0.717) is 5.88 Å². The molecule has 1 atom stereocenters. The molecule has 4 heteroatoms. The topological polar surface area (TPSA) is 47.0 Å². The third-order valence-corrected chi connectivity index (χ3v) is 3.63. The number of nitrogens with zero attached hydrogens (tertiary/aromatic N) is 2. The molecular formula is C16H21N3O. The monoisotopic (exact) mass is 271 g/mol. The predicted octanol–water partition coefficient (Wildman–Crippen LogP) is 2.61. The lowest BCUT2D eigenvalue weighted by Gasteiger charge is -2.18. The maximum Gasteiger partial charge on any atom is 0.233 e. The van der Waals surface area contributed by atoms with Crippen LogP contribution in [0.5, 0.6) is 5.88 Å². The van der Waals surface area contributed by atoms with Gasteiger partial charge in [-0.05, 0) is 50.1 Å². The first-order chi connectivity index (χ1) is 9.65. The fourth-order valence-corrected chi connectivity index (χ4v) is 2.35. The molecule has 0 aliphatic rings. The van der Waals surface area contributed by atoms with Crippen LogP contribution >= 0.6 is 0 Å². The Kier molecular flexibility index (Phi) is 4.69. The van der Waals surface area contributed by atoms with Crippen LogP contribution in [-0.2, 0) is 6.42 Å². The van der Waals surface area contributed by atoms with E-state index in [-0.39, 0.29) is 6.04 Å². The summed E-state index contributed by atoms with van der Waals surface area (Å²) in [7, 11) is 3.54. The van der Waals surface area contributed by atoms with Crippen molar-refractivity contribution in [2.24, 2.45) is 0 Å². The number of rotatable bonds is 5. The van der Waals surface area contributed by atoms with Crippen molar-refractivity contribution in [2.45, 2.75) is 26.3 Å². The normalized spacial score (nSPS) is 12.2. The van der Waals surface area contributed by atoms with E-state index >= 15 is 0 Å². The van der Waals surface area contributed by atoms with Gasteiger partial charge in [-0.3, -0.25) is 0 Å². The molecule has 0 amide bonds. The fourth-order valence-electron chi connectivity index (χ4n) is 2.35. The average molecular weight is 271 g/mol. The van der Waals surface area contributed by atoms with Crippen LogP contribution in [-0.4, -0.2) is 24.4 Å². The van der Waals surface area contributed by atoms with E-state index in [1.165, 1.54) is 16.7 Å². The Balaban J connectivity index is 2.24. The predicted molar refractivity (Wildman–Crippen MR) is 80.0 cm³/mol. The average Bonchev–Trinajstić information content (AvgIpc) is 2.47. The van der Waals surface area contributed by atoms with Gasteiger partial charge in [-0.25, -0.2) is 0 Å². The lowest BCUT2D eigenvalue weighted by atomic mass is 9.95. The summed E-state index contributed by atoms with van der Waals surface area (Å²) in [4.78, 5) is 0. The van der Waals surface area contributed by atoms with E-state index < -0.39 is 0 Å². The van der Waals surface area contributed by atoms with Gasteiger partial charge in [0.1, 0.15) is 0 Å². The van der Waals surface area contributed by atoms with Gasteiger partial charge in [-0.2, -0.15) is 5.10 Å². The zero-order valence-corrected chi connectivity index (χ0v) is 12.5. The Morgan fingerprint density at radius 2 is 1.80 bits per heavy atom. The summed E-state index contributed by atoms with van der Waals surface area (Å²) in [6.45, 7) is 4.30. The van der Waals surface area contributed by atoms with Gasteiger partial charge in [0.2, 0.25) is 5.88 Å². The fraction of sp³-hybridized carbons (Fsp3) is 0.375. The largest absolute Gasteiger partial charge is 0.480 e. The Morgan fingerprint density at radius 1 is 1.10 bits per heavy atom. The molecule has 20 heavy (non-hydrogen) atoms. The van der Waals surface area contributed by atoms with Gasteiger partial charge < -0.3 is 10.1 Å². The molecule has 4 nitrogen and oxygen atoms in total. The third-order valence-electron chi connectivity index (χ3n) is 3.63. The molecule has 2 rings (SSSR count). The van der Waals surface area contributed by atoms with Crippen LogP contribution in [0.3, 0.4) is 0 Å². The van der Waals surface area contributed by atoms with E-state index in [1.54, 1.807) is 7.11 Å². The minimum Gasteiger partial charge on any atom is -0.480 e. The van der Waals surface area contributed by atoms with Crippen LogP contribution in [0, 0.1) is 13.8 Å².